The lowest BCUT2D eigenvalue weighted by atomic mass is 10.2. The molecule has 1 aromatic heterocycles. The normalized spacial score (nSPS) is 11.1. The molecule has 0 spiro atoms. The first-order valence-electron chi connectivity index (χ1n) is 6.72. The van der Waals surface area contributed by atoms with Crippen molar-refractivity contribution in [3.05, 3.63) is 54.4 Å². The van der Waals surface area contributed by atoms with Crippen LogP contribution in [0.3, 0.4) is 0 Å². The van der Waals surface area contributed by atoms with Gasteiger partial charge in [-0.3, -0.25) is 4.98 Å². The van der Waals surface area contributed by atoms with Crippen LogP contribution in [0.25, 0.3) is 0 Å². The number of carbonyl (C=O) groups excluding carboxylic acids is 1. The van der Waals surface area contributed by atoms with Gasteiger partial charge < -0.3 is 10.6 Å². The maximum absolute atomic E-state index is 12.2. The number of urea groups is 1. The lowest BCUT2D eigenvalue weighted by molar-refractivity contribution is -0.0328. The number of hydrogen-bond acceptors (Lipinski definition) is 3. The third-order valence-corrected chi connectivity index (χ3v) is 3.53. The van der Waals surface area contributed by atoms with Crippen molar-refractivity contribution in [1.29, 1.82) is 0 Å². The van der Waals surface area contributed by atoms with E-state index in [0.717, 1.165) is 5.56 Å². The summed E-state index contributed by atoms with van der Waals surface area (Å²) in [4.78, 5) is 15.7. The number of halogens is 3. The van der Waals surface area contributed by atoms with Gasteiger partial charge in [0.25, 0.3) is 0 Å². The summed E-state index contributed by atoms with van der Waals surface area (Å²) in [5, 5.41) is 5.24. The predicted molar refractivity (Wildman–Crippen MR) is 83.3 cm³/mol. The van der Waals surface area contributed by atoms with Crippen LogP contribution in [0.15, 0.2) is 53.7 Å². The Morgan fingerprint density at radius 1 is 1.09 bits per heavy atom. The predicted octanol–water partition coefficient (Wildman–Crippen LogP) is 4.06. The lowest BCUT2D eigenvalue weighted by Crippen LogP contribution is -2.30. The molecule has 2 N–H and O–H groups in total. The average molecular weight is 341 g/mol. The fraction of sp³-hybridized carbons (Fsp3) is 0.200. The lowest BCUT2D eigenvalue weighted by Gasteiger charge is -2.09. The van der Waals surface area contributed by atoms with Crippen molar-refractivity contribution < 1.29 is 18.0 Å². The molecule has 2 aromatic rings. The fourth-order valence-electron chi connectivity index (χ4n) is 1.79. The van der Waals surface area contributed by atoms with Crippen LogP contribution in [-0.4, -0.2) is 23.1 Å². The number of pyridine rings is 1. The summed E-state index contributed by atoms with van der Waals surface area (Å²) in [7, 11) is 0. The zero-order chi connectivity index (χ0) is 16.7. The molecule has 8 heteroatoms. The number of nitrogens with one attached hydrogen (secondary N) is 2. The minimum atomic E-state index is -4.32. The van der Waals surface area contributed by atoms with Crippen molar-refractivity contribution in [2.45, 2.75) is 16.8 Å². The van der Waals surface area contributed by atoms with Gasteiger partial charge in [-0.25, -0.2) is 4.79 Å². The molecule has 0 saturated heterocycles. The minimum absolute atomic E-state index is 0.0705. The molecule has 23 heavy (non-hydrogen) atoms. The number of aromatic nitrogens is 1. The molecule has 0 aliphatic rings. The van der Waals surface area contributed by atoms with Crippen molar-refractivity contribution >= 4 is 23.5 Å². The van der Waals surface area contributed by atoms with Crippen LogP contribution in [0.4, 0.5) is 23.7 Å². The maximum Gasteiger partial charge on any atom is 0.446 e. The highest BCUT2D eigenvalue weighted by Gasteiger charge is 2.28. The molecule has 0 aliphatic carbocycles. The van der Waals surface area contributed by atoms with Crippen LogP contribution in [0, 0.1) is 0 Å². The van der Waals surface area contributed by atoms with E-state index in [2.05, 4.69) is 15.6 Å². The molecule has 0 fully saturated rings. The Morgan fingerprint density at radius 2 is 1.74 bits per heavy atom. The SMILES string of the molecule is O=C(NCCc1ccncc1)Nc1ccc(SC(F)(F)F)cc1. The quantitative estimate of drug-likeness (QED) is 0.807. The molecule has 0 radical (unpaired) electrons. The third-order valence-electron chi connectivity index (χ3n) is 2.79. The fourth-order valence-corrected chi connectivity index (χ4v) is 2.32. The second-order valence-corrected chi connectivity index (χ2v) is 5.70. The number of rotatable bonds is 5. The van der Waals surface area contributed by atoms with Crippen LogP contribution in [0.2, 0.25) is 0 Å². The van der Waals surface area contributed by atoms with Crippen LogP contribution in [0.1, 0.15) is 5.56 Å². The maximum atomic E-state index is 12.2. The topological polar surface area (TPSA) is 54.0 Å². The summed E-state index contributed by atoms with van der Waals surface area (Å²) in [6, 6.07) is 8.78. The van der Waals surface area contributed by atoms with Crippen molar-refractivity contribution in [1.82, 2.24) is 10.3 Å². The Balaban J connectivity index is 1.76. The van der Waals surface area contributed by atoms with Gasteiger partial charge in [-0.05, 0) is 60.1 Å². The standard InChI is InChI=1S/C15H14F3N3OS/c16-15(17,18)23-13-3-1-12(2-4-13)21-14(22)20-10-7-11-5-8-19-9-6-11/h1-6,8-9H,7,10H2,(H2,20,21,22). The zero-order valence-electron chi connectivity index (χ0n) is 11.9. The second-order valence-electron chi connectivity index (χ2n) is 4.56. The summed E-state index contributed by atoms with van der Waals surface area (Å²) >= 11 is -0.194. The smallest absolute Gasteiger partial charge is 0.338 e. The Kier molecular flexibility index (Phi) is 5.86. The summed E-state index contributed by atoms with van der Waals surface area (Å²) in [6.07, 6.45) is 4.02. The van der Waals surface area contributed by atoms with E-state index in [1.54, 1.807) is 12.4 Å². The third kappa shape index (κ3) is 6.60. The molecule has 4 nitrogen and oxygen atoms in total. The van der Waals surface area contributed by atoms with Gasteiger partial charge in [0.2, 0.25) is 0 Å². The molecule has 1 heterocycles. The van der Waals surface area contributed by atoms with Gasteiger partial charge >= 0.3 is 11.5 Å². The molecule has 2 rings (SSSR count). The molecule has 1 aromatic carbocycles. The van der Waals surface area contributed by atoms with Gasteiger partial charge in [0.1, 0.15) is 0 Å². The molecule has 2 amide bonds. The van der Waals surface area contributed by atoms with Gasteiger partial charge in [0.15, 0.2) is 0 Å². The number of thioether (sulfide) groups is 1. The largest absolute Gasteiger partial charge is 0.446 e. The summed E-state index contributed by atoms with van der Waals surface area (Å²) in [5.41, 5.74) is -2.84. The monoisotopic (exact) mass is 341 g/mol. The van der Waals surface area contributed by atoms with E-state index in [0.29, 0.717) is 18.7 Å². The molecule has 0 unspecified atom stereocenters. The van der Waals surface area contributed by atoms with Crippen molar-refractivity contribution in [2.24, 2.45) is 0 Å². The van der Waals surface area contributed by atoms with Gasteiger partial charge in [-0.1, -0.05) is 0 Å². The molecular formula is C15H14F3N3OS. The molecule has 0 aliphatic heterocycles. The summed E-state index contributed by atoms with van der Waals surface area (Å²) < 4.78 is 36.6. The number of carbonyl (C=O) groups is 1. The number of hydrogen-bond donors (Lipinski definition) is 2. The van der Waals surface area contributed by atoms with Crippen LogP contribution >= 0.6 is 11.8 Å². The van der Waals surface area contributed by atoms with Crippen molar-refractivity contribution in [3.63, 3.8) is 0 Å². The van der Waals surface area contributed by atoms with E-state index in [1.165, 1.54) is 24.3 Å². The second kappa shape index (κ2) is 7.87. The Labute approximate surface area is 135 Å². The van der Waals surface area contributed by atoms with E-state index in [1.807, 2.05) is 12.1 Å². The number of alkyl halides is 3. The van der Waals surface area contributed by atoms with Gasteiger partial charge in [0, 0.05) is 29.5 Å². The highest BCUT2D eigenvalue weighted by Crippen LogP contribution is 2.36. The molecule has 122 valence electrons. The molecule has 0 bridgehead atoms. The first-order chi connectivity index (χ1) is 10.9. The molecule has 0 saturated carbocycles. The average Bonchev–Trinajstić information content (AvgIpc) is 2.49. The Morgan fingerprint density at radius 3 is 2.35 bits per heavy atom. The molecule has 0 atom stereocenters. The van der Waals surface area contributed by atoms with E-state index in [9.17, 15) is 18.0 Å². The van der Waals surface area contributed by atoms with Crippen molar-refractivity contribution in [2.75, 3.05) is 11.9 Å². The van der Waals surface area contributed by atoms with Crippen molar-refractivity contribution in [3.8, 4) is 0 Å². The zero-order valence-corrected chi connectivity index (χ0v) is 12.7. The minimum Gasteiger partial charge on any atom is -0.338 e. The first kappa shape index (κ1) is 17.1. The highest BCUT2D eigenvalue weighted by atomic mass is 32.2. The van der Waals surface area contributed by atoms with Crippen LogP contribution < -0.4 is 10.6 Å². The summed E-state index contributed by atoms with van der Waals surface area (Å²) in [6.45, 7) is 0.442. The summed E-state index contributed by atoms with van der Waals surface area (Å²) in [5.74, 6) is 0. The number of nitrogens with zero attached hydrogens (tertiary/aromatic N) is 1. The van der Waals surface area contributed by atoms with Crippen LogP contribution in [-0.2, 0) is 6.42 Å². The van der Waals surface area contributed by atoms with E-state index in [4.69, 9.17) is 0 Å². The van der Waals surface area contributed by atoms with Crippen LogP contribution in [0.5, 0.6) is 0 Å². The van der Waals surface area contributed by atoms with Gasteiger partial charge in [-0.2, -0.15) is 13.2 Å². The molecular weight excluding hydrogens is 327 g/mol. The van der Waals surface area contributed by atoms with E-state index < -0.39 is 11.5 Å². The van der Waals surface area contributed by atoms with Gasteiger partial charge in [0.05, 0.1) is 0 Å². The van der Waals surface area contributed by atoms with E-state index in [-0.39, 0.29) is 16.7 Å². The Hall–Kier alpha value is -2.22. The Bertz CT molecular complexity index is 633. The van der Waals surface area contributed by atoms with E-state index >= 15 is 0 Å². The first-order valence-corrected chi connectivity index (χ1v) is 7.53. The highest BCUT2D eigenvalue weighted by molar-refractivity contribution is 8.00. The number of amides is 2. The number of benzene rings is 1. The van der Waals surface area contributed by atoms with Gasteiger partial charge in [-0.15, -0.1) is 0 Å². The number of anilines is 1.